The van der Waals surface area contributed by atoms with Crippen LogP contribution in [0.3, 0.4) is 0 Å². The maximum Gasteiger partial charge on any atom is 0.410 e. The van der Waals surface area contributed by atoms with E-state index >= 15 is 0 Å². The van der Waals surface area contributed by atoms with E-state index in [0.717, 1.165) is 57.3 Å². The Labute approximate surface area is 154 Å². The second-order valence-corrected chi connectivity index (χ2v) is 7.77. The van der Waals surface area contributed by atoms with E-state index in [0.29, 0.717) is 6.54 Å². The number of carbonyl (C=O) groups excluding carboxylic acids is 1. The van der Waals surface area contributed by atoms with Gasteiger partial charge in [-0.3, -0.25) is 0 Å². The Morgan fingerprint density at radius 1 is 1.27 bits per heavy atom. The first kappa shape index (κ1) is 18.7. The predicted molar refractivity (Wildman–Crippen MR) is 99.5 cm³/mol. The van der Waals surface area contributed by atoms with Crippen molar-refractivity contribution in [1.29, 1.82) is 0 Å². The summed E-state index contributed by atoms with van der Waals surface area (Å²) in [5.41, 5.74) is -0.475. The average Bonchev–Trinajstić information content (AvgIpc) is 2.61. The number of carbonyl (C=O) groups is 1. The summed E-state index contributed by atoms with van der Waals surface area (Å²) in [4.78, 5) is 25.0. The molecule has 1 atom stereocenters. The molecule has 0 radical (unpaired) electrons. The lowest BCUT2D eigenvalue weighted by Crippen LogP contribution is -2.47. The van der Waals surface area contributed by atoms with Gasteiger partial charge in [0.2, 0.25) is 0 Å². The Bertz CT molecular complexity index is 613. The number of amides is 1. The SMILES string of the molecule is CC(C)(C)OC(=O)N1CCC[C@@H](Nc2cc(N3CCOCC3)ncn2)C1. The monoisotopic (exact) mass is 363 g/mol. The lowest BCUT2D eigenvalue weighted by Gasteiger charge is -2.34. The van der Waals surface area contributed by atoms with E-state index in [4.69, 9.17) is 9.47 Å². The predicted octanol–water partition coefficient (Wildman–Crippen LogP) is 2.12. The molecular formula is C18H29N5O3. The molecular weight excluding hydrogens is 334 g/mol. The van der Waals surface area contributed by atoms with Gasteiger partial charge >= 0.3 is 6.09 Å². The molecule has 3 rings (SSSR count). The van der Waals surface area contributed by atoms with Crippen molar-refractivity contribution >= 4 is 17.7 Å². The number of hydrogen-bond acceptors (Lipinski definition) is 7. The highest BCUT2D eigenvalue weighted by atomic mass is 16.6. The molecule has 0 unspecified atom stereocenters. The minimum atomic E-state index is -0.475. The number of anilines is 2. The summed E-state index contributed by atoms with van der Waals surface area (Å²) in [7, 11) is 0. The van der Waals surface area contributed by atoms with Gasteiger partial charge in [0, 0.05) is 38.3 Å². The standard InChI is InChI=1S/C18H29N5O3/c1-18(2,3)26-17(24)23-6-4-5-14(12-23)21-15-11-16(20-13-19-15)22-7-9-25-10-8-22/h11,13-14H,4-10,12H2,1-3H3,(H,19,20,21)/t14-/m1/s1. The number of likely N-dealkylation sites (tertiary alicyclic amines) is 1. The number of morpholine rings is 1. The van der Waals surface area contributed by atoms with Gasteiger partial charge in [0.25, 0.3) is 0 Å². The molecule has 0 bridgehead atoms. The molecule has 1 N–H and O–H groups in total. The van der Waals surface area contributed by atoms with Crippen molar-refractivity contribution in [3.05, 3.63) is 12.4 Å². The van der Waals surface area contributed by atoms with Gasteiger partial charge in [-0.2, -0.15) is 0 Å². The van der Waals surface area contributed by atoms with Gasteiger partial charge in [0.15, 0.2) is 0 Å². The molecule has 144 valence electrons. The molecule has 2 fully saturated rings. The van der Waals surface area contributed by atoms with Gasteiger partial charge in [0.1, 0.15) is 23.6 Å². The number of rotatable bonds is 3. The fourth-order valence-electron chi connectivity index (χ4n) is 3.19. The molecule has 1 aromatic heterocycles. The highest BCUT2D eigenvalue weighted by Crippen LogP contribution is 2.20. The number of aromatic nitrogens is 2. The van der Waals surface area contributed by atoms with Gasteiger partial charge in [0.05, 0.1) is 13.2 Å². The average molecular weight is 363 g/mol. The van der Waals surface area contributed by atoms with Crippen LogP contribution in [0.4, 0.5) is 16.4 Å². The maximum absolute atomic E-state index is 12.3. The van der Waals surface area contributed by atoms with Gasteiger partial charge in [-0.1, -0.05) is 0 Å². The molecule has 0 aromatic carbocycles. The van der Waals surface area contributed by atoms with Gasteiger partial charge in [-0.15, -0.1) is 0 Å². The maximum atomic E-state index is 12.3. The van der Waals surface area contributed by atoms with Crippen LogP contribution in [0.15, 0.2) is 12.4 Å². The van der Waals surface area contributed by atoms with Crippen molar-refractivity contribution < 1.29 is 14.3 Å². The topological polar surface area (TPSA) is 79.8 Å². The van der Waals surface area contributed by atoms with Crippen LogP contribution in [0.2, 0.25) is 0 Å². The van der Waals surface area contributed by atoms with E-state index in [2.05, 4.69) is 20.2 Å². The fourth-order valence-corrected chi connectivity index (χ4v) is 3.19. The second kappa shape index (κ2) is 8.07. The summed E-state index contributed by atoms with van der Waals surface area (Å²) in [5.74, 6) is 1.70. The zero-order valence-electron chi connectivity index (χ0n) is 15.9. The van der Waals surface area contributed by atoms with Gasteiger partial charge in [-0.05, 0) is 33.6 Å². The minimum absolute atomic E-state index is 0.156. The highest BCUT2D eigenvalue weighted by molar-refractivity contribution is 5.68. The Hall–Kier alpha value is -2.09. The molecule has 1 aromatic rings. The van der Waals surface area contributed by atoms with E-state index in [1.807, 2.05) is 26.8 Å². The van der Waals surface area contributed by atoms with Crippen LogP contribution in [0.5, 0.6) is 0 Å². The Balaban J connectivity index is 1.59. The first-order valence-corrected chi connectivity index (χ1v) is 9.30. The Morgan fingerprint density at radius 2 is 2.04 bits per heavy atom. The molecule has 0 aliphatic carbocycles. The zero-order chi connectivity index (χ0) is 18.6. The number of nitrogens with one attached hydrogen (secondary N) is 1. The van der Waals surface area contributed by atoms with Gasteiger partial charge in [-0.25, -0.2) is 14.8 Å². The van der Waals surface area contributed by atoms with E-state index < -0.39 is 5.60 Å². The first-order chi connectivity index (χ1) is 12.4. The molecule has 2 aliphatic heterocycles. The van der Waals surface area contributed by atoms with Crippen LogP contribution in [-0.4, -0.2) is 72.0 Å². The lowest BCUT2D eigenvalue weighted by atomic mass is 10.1. The van der Waals surface area contributed by atoms with E-state index in [1.54, 1.807) is 11.2 Å². The summed E-state index contributed by atoms with van der Waals surface area (Å²) >= 11 is 0. The van der Waals surface area contributed by atoms with Crippen LogP contribution < -0.4 is 10.2 Å². The summed E-state index contributed by atoms with van der Waals surface area (Å²) in [6, 6.07) is 2.13. The number of nitrogens with zero attached hydrogens (tertiary/aromatic N) is 4. The number of hydrogen-bond donors (Lipinski definition) is 1. The minimum Gasteiger partial charge on any atom is -0.444 e. The molecule has 1 amide bonds. The normalized spacial score (nSPS) is 21.4. The third-order valence-electron chi connectivity index (χ3n) is 4.41. The summed E-state index contributed by atoms with van der Waals surface area (Å²) in [6.07, 6.45) is 3.27. The van der Waals surface area contributed by atoms with Crippen molar-refractivity contribution in [2.24, 2.45) is 0 Å². The molecule has 2 aliphatic rings. The number of ether oxygens (including phenoxy) is 2. The van der Waals surface area contributed by atoms with Crippen molar-refractivity contribution in [3.8, 4) is 0 Å². The third-order valence-corrected chi connectivity index (χ3v) is 4.41. The van der Waals surface area contributed by atoms with Crippen LogP contribution in [0.25, 0.3) is 0 Å². The largest absolute Gasteiger partial charge is 0.444 e. The van der Waals surface area contributed by atoms with E-state index in [1.165, 1.54) is 0 Å². The smallest absolute Gasteiger partial charge is 0.410 e. The van der Waals surface area contributed by atoms with Crippen molar-refractivity contribution in [2.45, 2.75) is 45.3 Å². The molecule has 8 nitrogen and oxygen atoms in total. The quantitative estimate of drug-likeness (QED) is 0.881. The molecule has 2 saturated heterocycles. The fraction of sp³-hybridized carbons (Fsp3) is 0.722. The van der Waals surface area contributed by atoms with Crippen LogP contribution in [0.1, 0.15) is 33.6 Å². The van der Waals surface area contributed by atoms with Gasteiger partial charge < -0.3 is 24.6 Å². The lowest BCUT2D eigenvalue weighted by molar-refractivity contribution is 0.0206. The van der Waals surface area contributed by atoms with E-state index in [-0.39, 0.29) is 12.1 Å². The molecule has 26 heavy (non-hydrogen) atoms. The van der Waals surface area contributed by atoms with Crippen LogP contribution >= 0.6 is 0 Å². The molecule has 3 heterocycles. The number of piperidine rings is 1. The third kappa shape index (κ3) is 5.20. The first-order valence-electron chi connectivity index (χ1n) is 9.30. The molecule has 0 spiro atoms. The molecule has 8 heteroatoms. The highest BCUT2D eigenvalue weighted by Gasteiger charge is 2.27. The zero-order valence-corrected chi connectivity index (χ0v) is 15.9. The van der Waals surface area contributed by atoms with Crippen LogP contribution in [-0.2, 0) is 9.47 Å². The summed E-state index contributed by atoms with van der Waals surface area (Å²) in [6.45, 7) is 10.1. The Kier molecular flexibility index (Phi) is 5.80. The summed E-state index contributed by atoms with van der Waals surface area (Å²) < 4.78 is 10.9. The summed E-state index contributed by atoms with van der Waals surface area (Å²) in [5, 5.41) is 3.45. The second-order valence-electron chi connectivity index (χ2n) is 7.77. The van der Waals surface area contributed by atoms with Crippen molar-refractivity contribution in [1.82, 2.24) is 14.9 Å². The van der Waals surface area contributed by atoms with Crippen LogP contribution in [0, 0.1) is 0 Å². The van der Waals surface area contributed by atoms with Crippen molar-refractivity contribution in [2.75, 3.05) is 49.6 Å². The van der Waals surface area contributed by atoms with Crippen molar-refractivity contribution in [3.63, 3.8) is 0 Å². The molecule has 0 saturated carbocycles. The Morgan fingerprint density at radius 3 is 2.77 bits per heavy atom. The van der Waals surface area contributed by atoms with E-state index in [9.17, 15) is 4.79 Å².